The first-order valence-corrected chi connectivity index (χ1v) is 13.7. The van der Waals surface area contributed by atoms with Gasteiger partial charge in [-0.05, 0) is 116 Å². The van der Waals surface area contributed by atoms with Crippen molar-refractivity contribution < 1.29 is 13.9 Å². The molecule has 1 heterocycles. The van der Waals surface area contributed by atoms with E-state index < -0.39 is 0 Å². The highest BCUT2D eigenvalue weighted by Crippen LogP contribution is 2.39. The molecule has 0 amide bonds. The molecule has 1 fully saturated rings. The third-order valence-corrected chi connectivity index (χ3v) is 7.97. The van der Waals surface area contributed by atoms with Gasteiger partial charge in [0.1, 0.15) is 12.4 Å². The summed E-state index contributed by atoms with van der Waals surface area (Å²) in [4.78, 5) is 2.40. The van der Waals surface area contributed by atoms with Gasteiger partial charge in [-0.3, -0.25) is 4.90 Å². The molecule has 1 unspecified atom stereocenters. The number of halogens is 1. The predicted octanol–water partition coefficient (Wildman–Crippen LogP) is 6.89. The number of piperidine rings is 1. The molecule has 196 valence electrons. The fraction of sp³-hybridized carbons (Fsp3) is 0.438. The topological polar surface area (TPSA) is 33.7 Å². The molecule has 0 radical (unpaired) electrons. The molecule has 0 spiro atoms. The van der Waals surface area contributed by atoms with Gasteiger partial charge in [0.2, 0.25) is 0 Å². The molecular formula is C32H39FN2O2. The van der Waals surface area contributed by atoms with Gasteiger partial charge in [0, 0.05) is 18.8 Å². The zero-order chi connectivity index (χ0) is 25.6. The summed E-state index contributed by atoms with van der Waals surface area (Å²) in [5, 5.41) is 3.61. The maximum Gasteiger partial charge on any atom is 0.165 e. The van der Waals surface area contributed by atoms with Gasteiger partial charge in [-0.15, -0.1) is 0 Å². The normalized spacial score (nSPS) is 17.8. The minimum absolute atomic E-state index is 0.290. The van der Waals surface area contributed by atoms with Gasteiger partial charge in [0.05, 0.1) is 7.11 Å². The molecule has 1 saturated heterocycles. The Morgan fingerprint density at radius 2 is 1.86 bits per heavy atom. The number of hydrogen-bond acceptors (Lipinski definition) is 4. The first kappa shape index (κ1) is 25.6. The number of fused-ring (bicyclic) bond motifs is 1. The second-order valence-corrected chi connectivity index (χ2v) is 10.5. The molecule has 4 nitrogen and oxygen atoms in total. The number of hydrogen-bond donors (Lipinski definition) is 1. The van der Waals surface area contributed by atoms with Crippen LogP contribution < -0.4 is 14.8 Å². The molecule has 1 aliphatic carbocycles. The monoisotopic (exact) mass is 502 g/mol. The van der Waals surface area contributed by atoms with Crippen molar-refractivity contribution in [2.75, 3.05) is 38.7 Å². The van der Waals surface area contributed by atoms with Crippen LogP contribution in [0.1, 0.15) is 59.4 Å². The number of anilines is 1. The third kappa shape index (κ3) is 6.27. The highest BCUT2D eigenvalue weighted by atomic mass is 19.1. The lowest BCUT2D eigenvalue weighted by molar-refractivity contribution is 0.180. The summed E-state index contributed by atoms with van der Waals surface area (Å²) in [6.45, 7) is 6.40. The van der Waals surface area contributed by atoms with Gasteiger partial charge in [-0.2, -0.15) is 0 Å². The molecule has 1 atom stereocenters. The van der Waals surface area contributed by atoms with Gasteiger partial charge in [0.25, 0.3) is 0 Å². The minimum Gasteiger partial charge on any atom is -0.497 e. The number of nitrogens with zero attached hydrogens (tertiary/aromatic N) is 1. The summed E-state index contributed by atoms with van der Waals surface area (Å²) in [6, 6.07) is 18.2. The molecule has 1 aliphatic heterocycles. The lowest BCUT2D eigenvalue weighted by Crippen LogP contribution is -2.33. The second kappa shape index (κ2) is 12.0. The lowest BCUT2D eigenvalue weighted by Gasteiger charge is -2.28. The van der Waals surface area contributed by atoms with Gasteiger partial charge >= 0.3 is 0 Å². The first-order chi connectivity index (χ1) is 18.1. The fourth-order valence-electron chi connectivity index (χ4n) is 5.92. The summed E-state index contributed by atoms with van der Waals surface area (Å²) >= 11 is 0. The quantitative estimate of drug-likeness (QED) is 0.345. The standard InChI is InChI=1S/C32H39FN2O2/c1-23-7-6-8-30(32(23)27-11-10-26-21-28(36-2)13-12-25(26)20-27)34-22-24-9-14-31(29(33)19-24)37-18-17-35-15-4-3-5-16-35/h6-9,12-14,19,21,27,34H,3-5,10-11,15-18,20,22H2,1-2H3. The van der Waals surface area contributed by atoms with Crippen LogP contribution in [0, 0.1) is 12.7 Å². The third-order valence-electron chi connectivity index (χ3n) is 7.97. The molecule has 2 aliphatic rings. The van der Waals surface area contributed by atoms with E-state index in [-0.39, 0.29) is 5.82 Å². The van der Waals surface area contributed by atoms with Crippen LogP contribution in [0.5, 0.6) is 11.5 Å². The summed E-state index contributed by atoms with van der Waals surface area (Å²) < 4.78 is 26.0. The van der Waals surface area contributed by atoms with Gasteiger partial charge in [-0.1, -0.05) is 30.7 Å². The Morgan fingerprint density at radius 3 is 2.68 bits per heavy atom. The van der Waals surface area contributed by atoms with E-state index in [9.17, 15) is 4.39 Å². The van der Waals surface area contributed by atoms with E-state index in [0.717, 1.165) is 55.9 Å². The van der Waals surface area contributed by atoms with Gasteiger partial charge in [-0.25, -0.2) is 4.39 Å². The highest BCUT2D eigenvalue weighted by Gasteiger charge is 2.24. The largest absolute Gasteiger partial charge is 0.497 e. The molecule has 3 aromatic rings. The van der Waals surface area contributed by atoms with E-state index in [1.807, 2.05) is 6.07 Å². The lowest BCUT2D eigenvalue weighted by atomic mass is 9.78. The number of aryl methyl sites for hydroxylation is 2. The number of benzene rings is 3. The van der Waals surface area contributed by atoms with Crippen molar-refractivity contribution in [2.45, 2.75) is 57.9 Å². The zero-order valence-electron chi connectivity index (χ0n) is 22.2. The molecule has 1 N–H and O–H groups in total. The molecule has 0 bridgehead atoms. The van der Waals surface area contributed by atoms with E-state index >= 15 is 0 Å². The second-order valence-electron chi connectivity index (χ2n) is 10.5. The summed E-state index contributed by atoms with van der Waals surface area (Å²) in [5.74, 6) is 1.44. The fourth-order valence-corrected chi connectivity index (χ4v) is 5.92. The molecule has 0 saturated carbocycles. The average molecular weight is 503 g/mol. The van der Waals surface area contributed by atoms with Crippen molar-refractivity contribution in [2.24, 2.45) is 0 Å². The van der Waals surface area contributed by atoms with Crippen LogP contribution in [0.4, 0.5) is 10.1 Å². The first-order valence-electron chi connectivity index (χ1n) is 13.7. The highest BCUT2D eigenvalue weighted by molar-refractivity contribution is 5.57. The Morgan fingerprint density at radius 1 is 1.00 bits per heavy atom. The van der Waals surface area contributed by atoms with Gasteiger partial charge < -0.3 is 14.8 Å². The van der Waals surface area contributed by atoms with E-state index in [2.05, 4.69) is 53.5 Å². The van der Waals surface area contributed by atoms with Crippen LogP contribution in [0.3, 0.4) is 0 Å². The summed E-state index contributed by atoms with van der Waals surface area (Å²) in [7, 11) is 1.72. The van der Waals surface area contributed by atoms with Gasteiger partial charge in [0.15, 0.2) is 11.6 Å². The number of ether oxygens (including phenoxy) is 2. The summed E-state index contributed by atoms with van der Waals surface area (Å²) in [5.41, 5.74) is 7.54. The van der Waals surface area contributed by atoms with Crippen molar-refractivity contribution in [3.63, 3.8) is 0 Å². The van der Waals surface area contributed by atoms with E-state index in [4.69, 9.17) is 9.47 Å². The van der Waals surface area contributed by atoms with Crippen LogP contribution in [0.15, 0.2) is 54.6 Å². The van der Waals surface area contributed by atoms with Crippen LogP contribution >= 0.6 is 0 Å². The smallest absolute Gasteiger partial charge is 0.165 e. The Balaban J connectivity index is 1.22. The Kier molecular flexibility index (Phi) is 8.30. The van der Waals surface area contributed by atoms with E-state index in [0.29, 0.717) is 24.8 Å². The Bertz CT molecular complexity index is 1210. The van der Waals surface area contributed by atoms with Crippen molar-refractivity contribution in [3.05, 3.63) is 88.2 Å². The number of likely N-dealkylation sites (tertiary alicyclic amines) is 1. The molecule has 5 rings (SSSR count). The van der Waals surface area contributed by atoms with E-state index in [1.54, 1.807) is 19.2 Å². The molecular weight excluding hydrogens is 463 g/mol. The van der Waals surface area contributed by atoms with Crippen LogP contribution in [-0.2, 0) is 19.4 Å². The maximum atomic E-state index is 14.8. The Hall–Kier alpha value is -3.05. The van der Waals surface area contributed by atoms with Crippen LogP contribution in [0.2, 0.25) is 0 Å². The molecule has 5 heteroatoms. The number of nitrogens with one attached hydrogen (secondary N) is 1. The van der Waals surface area contributed by atoms with Crippen molar-refractivity contribution in [1.82, 2.24) is 4.90 Å². The van der Waals surface area contributed by atoms with E-state index in [1.165, 1.54) is 41.5 Å². The average Bonchev–Trinajstić information content (AvgIpc) is 2.93. The van der Waals surface area contributed by atoms with Crippen molar-refractivity contribution in [3.8, 4) is 11.5 Å². The summed E-state index contributed by atoms with van der Waals surface area (Å²) in [6.07, 6.45) is 7.00. The minimum atomic E-state index is -0.290. The number of methoxy groups -OCH3 is 1. The van der Waals surface area contributed by atoms with Crippen LogP contribution in [0.25, 0.3) is 0 Å². The SMILES string of the molecule is COc1ccc2c(c1)CCC(c1c(C)cccc1NCc1ccc(OCCN3CCCCC3)c(F)c1)C2. The number of rotatable bonds is 9. The molecule has 3 aromatic carbocycles. The zero-order valence-corrected chi connectivity index (χ0v) is 22.2. The predicted molar refractivity (Wildman–Crippen MR) is 148 cm³/mol. The van der Waals surface area contributed by atoms with Crippen LogP contribution in [-0.4, -0.2) is 38.3 Å². The Labute approximate surface area is 220 Å². The van der Waals surface area contributed by atoms with Crippen molar-refractivity contribution >= 4 is 5.69 Å². The van der Waals surface area contributed by atoms with Crippen molar-refractivity contribution in [1.29, 1.82) is 0 Å². The maximum absolute atomic E-state index is 14.8. The molecule has 37 heavy (non-hydrogen) atoms. The molecule has 0 aromatic heterocycles.